The number of methoxy groups -OCH3 is 1. The molecular formula is C26H46N2O4. The van der Waals surface area contributed by atoms with Crippen molar-refractivity contribution in [1.29, 1.82) is 0 Å². The number of ether oxygens (including phenoxy) is 2. The summed E-state index contributed by atoms with van der Waals surface area (Å²) in [4.78, 5) is 23.9. The van der Waals surface area contributed by atoms with Gasteiger partial charge in [0.2, 0.25) is 5.91 Å². The fraction of sp³-hybridized carbons (Fsp3) is 0.692. The van der Waals surface area contributed by atoms with Gasteiger partial charge >= 0.3 is 5.97 Å². The van der Waals surface area contributed by atoms with Crippen LogP contribution in [0.3, 0.4) is 0 Å². The molecule has 3 rings (SSSR count). The lowest BCUT2D eigenvalue weighted by Crippen LogP contribution is -2.43. The van der Waals surface area contributed by atoms with Crippen LogP contribution in [0, 0.1) is 0 Å². The Balaban J connectivity index is 0.000000456. The molecule has 2 fully saturated rings. The molecule has 2 N–H and O–H groups in total. The number of nitrogens with zero attached hydrogens (tertiary/aromatic N) is 1. The molecule has 1 aliphatic heterocycles. The summed E-state index contributed by atoms with van der Waals surface area (Å²) in [6.45, 7) is 8.28. The molecule has 1 saturated heterocycles. The highest BCUT2D eigenvalue weighted by Gasteiger charge is 2.33. The number of carbonyl (C=O) groups is 2. The second-order valence-corrected chi connectivity index (χ2v) is 7.63. The first kappa shape index (κ1) is 30.1. The molecule has 0 spiro atoms. The third kappa shape index (κ3) is 13.5. The van der Waals surface area contributed by atoms with E-state index in [0.717, 1.165) is 26.1 Å². The number of benzene rings is 1. The molecule has 1 aromatic carbocycles. The lowest BCUT2D eigenvalue weighted by atomic mass is 10.0. The summed E-state index contributed by atoms with van der Waals surface area (Å²) < 4.78 is 9.95. The van der Waals surface area contributed by atoms with Gasteiger partial charge in [-0.05, 0) is 24.8 Å². The normalized spacial score (nSPS) is 16.9. The minimum absolute atomic E-state index is 0.0481. The van der Waals surface area contributed by atoms with Crippen molar-refractivity contribution in [3.05, 3.63) is 35.9 Å². The summed E-state index contributed by atoms with van der Waals surface area (Å²) in [6, 6.07) is 9.82. The maximum atomic E-state index is 11.2. The van der Waals surface area contributed by atoms with Crippen molar-refractivity contribution in [3.8, 4) is 0 Å². The summed E-state index contributed by atoms with van der Waals surface area (Å²) in [5, 5.41) is 0. The molecule has 0 bridgehead atoms. The van der Waals surface area contributed by atoms with Crippen molar-refractivity contribution in [1.82, 2.24) is 4.90 Å². The van der Waals surface area contributed by atoms with Crippen LogP contribution < -0.4 is 5.73 Å². The molecule has 2 aliphatic rings. The number of esters is 1. The Kier molecular flexibility index (Phi) is 19.7. The van der Waals surface area contributed by atoms with Crippen LogP contribution in [0.25, 0.3) is 0 Å². The van der Waals surface area contributed by atoms with E-state index in [-0.39, 0.29) is 18.4 Å². The first-order chi connectivity index (χ1) is 15.6. The second-order valence-electron chi connectivity index (χ2n) is 7.63. The van der Waals surface area contributed by atoms with E-state index in [9.17, 15) is 9.59 Å². The van der Waals surface area contributed by atoms with Gasteiger partial charge in [-0.25, -0.2) is 4.79 Å². The van der Waals surface area contributed by atoms with Gasteiger partial charge in [0, 0.05) is 13.2 Å². The molecule has 0 radical (unpaired) electrons. The van der Waals surface area contributed by atoms with Crippen molar-refractivity contribution in [3.63, 3.8) is 0 Å². The fourth-order valence-corrected chi connectivity index (χ4v) is 3.53. The maximum absolute atomic E-state index is 11.2. The minimum Gasteiger partial charge on any atom is -0.467 e. The molecule has 1 aliphatic carbocycles. The van der Waals surface area contributed by atoms with Crippen molar-refractivity contribution in [2.75, 3.05) is 26.8 Å². The molecule has 1 aromatic rings. The number of hydrogen-bond acceptors (Lipinski definition) is 5. The van der Waals surface area contributed by atoms with Gasteiger partial charge in [0.25, 0.3) is 0 Å². The number of carbonyl (C=O) groups excluding carboxylic acids is 2. The lowest BCUT2D eigenvalue weighted by Gasteiger charge is -2.21. The van der Waals surface area contributed by atoms with Crippen LogP contribution in [0.1, 0.15) is 84.1 Å². The highest BCUT2D eigenvalue weighted by atomic mass is 16.5. The Bertz CT molecular complexity index is 543. The van der Waals surface area contributed by atoms with E-state index in [1.54, 1.807) is 0 Å². The molecule has 1 atom stereocenters. The van der Waals surface area contributed by atoms with E-state index < -0.39 is 6.04 Å². The smallest absolute Gasteiger partial charge is 0.328 e. The third-order valence-corrected chi connectivity index (χ3v) is 5.18. The zero-order valence-electron chi connectivity index (χ0n) is 20.8. The van der Waals surface area contributed by atoms with E-state index in [2.05, 4.69) is 23.8 Å². The van der Waals surface area contributed by atoms with E-state index in [0.29, 0.717) is 13.0 Å². The topological polar surface area (TPSA) is 81.9 Å². The van der Waals surface area contributed by atoms with Gasteiger partial charge in [-0.15, -0.1) is 0 Å². The zero-order chi connectivity index (χ0) is 24.0. The van der Waals surface area contributed by atoms with Crippen LogP contribution >= 0.6 is 0 Å². The van der Waals surface area contributed by atoms with Gasteiger partial charge in [0.15, 0.2) is 0 Å². The third-order valence-electron chi connectivity index (χ3n) is 5.18. The van der Waals surface area contributed by atoms with Crippen molar-refractivity contribution in [2.24, 2.45) is 5.73 Å². The maximum Gasteiger partial charge on any atom is 0.328 e. The first-order valence-electron chi connectivity index (χ1n) is 12.3. The summed E-state index contributed by atoms with van der Waals surface area (Å²) >= 11 is 0. The first-order valence-corrected chi connectivity index (χ1v) is 12.3. The monoisotopic (exact) mass is 450 g/mol. The summed E-state index contributed by atoms with van der Waals surface area (Å²) in [5.41, 5.74) is 6.46. The largest absolute Gasteiger partial charge is 0.467 e. The molecule has 1 amide bonds. The van der Waals surface area contributed by atoms with Crippen LogP contribution in [-0.4, -0.2) is 49.6 Å². The Morgan fingerprint density at radius 3 is 2.03 bits per heavy atom. The van der Waals surface area contributed by atoms with Crippen molar-refractivity contribution in [2.45, 2.75) is 91.2 Å². The Labute approximate surface area is 195 Å². The quantitative estimate of drug-likeness (QED) is 0.482. The minimum atomic E-state index is -0.416. The number of nitrogens with two attached hydrogens (primary N) is 1. The molecule has 0 aromatic heterocycles. The highest BCUT2D eigenvalue weighted by molar-refractivity contribution is 5.86. The SMILES string of the molecule is C1CCCCC1.CC.CCCOCc1ccccc1.COC(=O)C1CCCN1C(=O)CN. The summed E-state index contributed by atoms with van der Waals surface area (Å²) in [5.74, 6) is -0.535. The average molecular weight is 451 g/mol. The number of likely N-dealkylation sites (tertiary alicyclic amines) is 1. The Morgan fingerprint density at radius 1 is 1.00 bits per heavy atom. The number of rotatable bonds is 6. The number of hydrogen-bond donors (Lipinski definition) is 1. The Hall–Kier alpha value is -1.92. The van der Waals surface area contributed by atoms with Gasteiger partial charge < -0.3 is 20.1 Å². The van der Waals surface area contributed by atoms with E-state index >= 15 is 0 Å². The fourth-order valence-electron chi connectivity index (χ4n) is 3.53. The van der Waals surface area contributed by atoms with Crippen LogP contribution in [0.4, 0.5) is 0 Å². The molecule has 1 saturated carbocycles. The van der Waals surface area contributed by atoms with E-state index in [4.69, 9.17) is 10.5 Å². The molecule has 184 valence electrons. The van der Waals surface area contributed by atoms with Crippen molar-refractivity contribution >= 4 is 11.9 Å². The molecule has 32 heavy (non-hydrogen) atoms. The standard InChI is InChI=1S/C10H14O.C8H14N2O3.C6H12.C2H6/c1-2-8-11-9-10-6-4-3-5-7-10;1-13-8(12)6-3-2-4-10(6)7(11)5-9;1-2-4-6-5-3-1;1-2/h3-7H,2,8-9H2,1H3;6H,2-5,9H2,1H3;1-6H2;1-2H3. The lowest BCUT2D eigenvalue weighted by molar-refractivity contribution is -0.150. The molecule has 1 heterocycles. The molecular weight excluding hydrogens is 404 g/mol. The van der Waals surface area contributed by atoms with Crippen LogP contribution in [-0.2, 0) is 25.7 Å². The molecule has 1 unspecified atom stereocenters. The summed E-state index contributed by atoms with van der Waals surface area (Å²) in [6.07, 6.45) is 11.6. The Morgan fingerprint density at radius 2 is 1.56 bits per heavy atom. The predicted molar refractivity (Wildman–Crippen MR) is 131 cm³/mol. The molecule has 6 nitrogen and oxygen atoms in total. The van der Waals surface area contributed by atoms with Crippen LogP contribution in [0.15, 0.2) is 30.3 Å². The van der Waals surface area contributed by atoms with E-state index in [1.165, 1.54) is 56.1 Å². The summed E-state index contributed by atoms with van der Waals surface area (Å²) in [7, 11) is 1.33. The second kappa shape index (κ2) is 21.0. The van der Waals surface area contributed by atoms with Gasteiger partial charge in [-0.2, -0.15) is 0 Å². The van der Waals surface area contributed by atoms with Gasteiger partial charge in [-0.1, -0.05) is 89.6 Å². The van der Waals surface area contributed by atoms with Gasteiger partial charge in [-0.3, -0.25) is 4.79 Å². The number of amides is 1. The predicted octanol–water partition coefficient (Wildman–Crippen LogP) is 5.09. The van der Waals surface area contributed by atoms with Crippen LogP contribution in [0.2, 0.25) is 0 Å². The van der Waals surface area contributed by atoms with Gasteiger partial charge in [0.05, 0.1) is 20.3 Å². The van der Waals surface area contributed by atoms with Crippen molar-refractivity contribution < 1.29 is 19.1 Å². The van der Waals surface area contributed by atoms with Crippen LogP contribution in [0.5, 0.6) is 0 Å². The average Bonchev–Trinajstić information content (AvgIpc) is 3.37. The zero-order valence-corrected chi connectivity index (χ0v) is 20.8. The van der Waals surface area contributed by atoms with E-state index in [1.807, 2.05) is 32.0 Å². The highest BCUT2D eigenvalue weighted by Crippen LogP contribution is 2.18. The van der Waals surface area contributed by atoms with Gasteiger partial charge in [0.1, 0.15) is 6.04 Å². The molecule has 6 heteroatoms.